The molecule has 1 rings (SSSR count). The lowest BCUT2D eigenvalue weighted by molar-refractivity contribution is 0.0901. The maximum atomic E-state index is 11.1. The fourth-order valence-corrected chi connectivity index (χ4v) is 1.35. The number of hydrogen-bond acceptors (Lipinski definition) is 6. The molecular formula is C9H10O7S. The van der Waals surface area contributed by atoms with Gasteiger partial charge in [0.25, 0.3) is 0 Å². The van der Waals surface area contributed by atoms with E-state index < -0.39 is 34.2 Å². The van der Waals surface area contributed by atoms with Crippen LogP contribution in [0.1, 0.15) is 10.4 Å². The van der Waals surface area contributed by atoms with Gasteiger partial charge < -0.3 is 14.9 Å². The van der Waals surface area contributed by atoms with Crippen molar-refractivity contribution in [3.05, 3.63) is 23.8 Å². The number of Topliss-reactive ketones (excluding diaryl/α,β-unsaturated/α-hetero) is 1. The third-order valence-electron chi connectivity index (χ3n) is 1.79. The minimum atomic E-state index is -4.28. The number of carbonyl (C=O) groups excluding carboxylic acids is 1. The number of hydrogen-bond donors (Lipinski definition) is 3. The third kappa shape index (κ3) is 4.02. The molecule has 0 heterocycles. The summed E-state index contributed by atoms with van der Waals surface area (Å²) < 4.78 is 33.9. The van der Waals surface area contributed by atoms with Crippen molar-refractivity contribution in [1.29, 1.82) is 0 Å². The Morgan fingerprint density at radius 1 is 1.35 bits per heavy atom. The number of phenolic OH excluding ortho intramolecular Hbond substituents is 1. The van der Waals surface area contributed by atoms with Crippen LogP contribution in [-0.4, -0.2) is 41.5 Å². The summed E-state index contributed by atoms with van der Waals surface area (Å²) in [6.45, 7) is -0.751. The van der Waals surface area contributed by atoms with E-state index in [4.69, 9.17) is 9.66 Å². The van der Waals surface area contributed by atoms with Gasteiger partial charge in [0.2, 0.25) is 5.94 Å². The SMILES string of the molecule is O=C(CO)c1ccc(OCS(=O)(=O)O)cc1O. The van der Waals surface area contributed by atoms with E-state index in [1.165, 1.54) is 12.1 Å². The molecule has 0 radical (unpaired) electrons. The maximum Gasteiger partial charge on any atom is 0.300 e. The van der Waals surface area contributed by atoms with E-state index in [0.717, 1.165) is 6.07 Å². The Balaban J connectivity index is 2.86. The van der Waals surface area contributed by atoms with E-state index in [1.54, 1.807) is 0 Å². The van der Waals surface area contributed by atoms with Crippen molar-refractivity contribution in [3.8, 4) is 11.5 Å². The Hall–Kier alpha value is -1.64. The van der Waals surface area contributed by atoms with Crippen LogP contribution in [0.25, 0.3) is 0 Å². The monoisotopic (exact) mass is 262 g/mol. The number of ketones is 1. The second-order valence-electron chi connectivity index (χ2n) is 3.10. The summed E-state index contributed by atoms with van der Waals surface area (Å²) in [6.07, 6.45) is 0. The van der Waals surface area contributed by atoms with Gasteiger partial charge in [0.15, 0.2) is 5.78 Å². The van der Waals surface area contributed by atoms with Gasteiger partial charge in [0, 0.05) is 6.07 Å². The fraction of sp³-hybridized carbons (Fsp3) is 0.222. The predicted octanol–water partition coefficient (Wildman–Crippen LogP) is -0.209. The topological polar surface area (TPSA) is 121 Å². The van der Waals surface area contributed by atoms with Crippen LogP contribution >= 0.6 is 0 Å². The number of ether oxygens (including phenoxy) is 1. The Bertz CT molecular complexity index is 520. The van der Waals surface area contributed by atoms with E-state index in [-0.39, 0.29) is 11.3 Å². The first-order valence-electron chi connectivity index (χ1n) is 4.38. The highest BCUT2D eigenvalue weighted by molar-refractivity contribution is 7.85. The Labute approximate surface area is 97.0 Å². The van der Waals surface area contributed by atoms with Crippen LogP contribution in [0.2, 0.25) is 0 Å². The molecule has 0 aromatic heterocycles. The number of benzene rings is 1. The lowest BCUT2D eigenvalue weighted by Gasteiger charge is -2.06. The molecule has 0 atom stereocenters. The predicted molar refractivity (Wildman–Crippen MR) is 56.6 cm³/mol. The summed E-state index contributed by atoms with van der Waals surface area (Å²) >= 11 is 0. The van der Waals surface area contributed by atoms with E-state index in [9.17, 15) is 18.3 Å². The minimum Gasteiger partial charge on any atom is -0.507 e. The van der Waals surface area contributed by atoms with Gasteiger partial charge in [0.1, 0.15) is 18.1 Å². The van der Waals surface area contributed by atoms with Crippen LogP contribution in [-0.2, 0) is 10.1 Å². The molecule has 8 heteroatoms. The fourth-order valence-electron chi connectivity index (χ4n) is 1.06. The molecule has 0 aliphatic heterocycles. The number of aliphatic hydroxyl groups is 1. The summed E-state index contributed by atoms with van der Waals surface area (Å²) in [7, 11) is -4.28. The molecule has 17 heavy (non-hydrogen) atoms. The quantitative estimate of drug-likeness (QED) is 0.496. The average molecular weight is 262 g/mol. The zero-order valence-corrected chi connectivity index (χ0v) is 9.35. The zero-order chi connectivity index (χ0) is 13.1. The Morgan fingerprint density at radius 3 is 2.47 bits per heavy atom. The lowest BCUT2D eigenvalue weighted by Crippen LogP contribution is -2.10. The van der Waals surface area contributed by atoms with Crippen LogP contribution in [0.5, 0.6) is 11.5 Å². The Morgan fingerprint density at radius 2 is 2.00 bits per heavy atom. The van der Waals surface area contributed by atoms with Crippen molar-refractivity contribution < 1.29 is 32.7 Å². The molecule has 0 bridgehead atoms. The van der Waals surface area contributed by atoms with E-state index in [2.05, 4.69) is 4.74 Å². The summed E-state index contributed by atoms with van der Waals surface area (Å²) in [5, 5.41) is 18.0. The van der Waals surface area contributed by atoms with Crippen molar-refractivity contribution in [2.45, 2.75) is 0 Å². The first kappa shape index (κ1) is 13.4. The highest BCUT2D eigenvalue weighted by Crippen LogP contribution is 2.24. The molecule has 3 N–H and O–H groups in total. The van der Waals surface area contributed by atoms with Crippen LogP contribution in [0.3, 0.4) is 0 Å². The van der Waals surface area contributed by atoms with Crippen molar-refractivity contribution in [3.63, 3.8) is 0 Å². The molecule has 0 spiro atoms. The summed E-state index contributed by atoms with van der Waals surface area (Å²) in [6, 6.07) is 3.41. The highest BCUT2D eigenvalue weighted by atomic mass is 32.2. The lowest BCUT2D eigenvalue weighted by atomic mass is 10.1. The highest BCUT2D eigenvalue weighted by Gasteiger charge is 2.12. The van der Waals surface area contributed by atoms with Crippen LogP contribution in [0, 0.1) is 0 Å². The molecule has 0 saturated heterocycles. The number of carbonyl (C=O) groups is 1. The number of phenols is 1. The first-order chi connectivity index (χ1) is 7.83. The average Bonchev–Trinajstić information content (AvgIpc) is 2.24. The molecule has 0 aliphatic carbocycles. The molecule has 0 amide bonds. The van der Waals surface area contributed by atoms with Crippen LogP contribution < -0.4 is 4.74 Å². The molecule has 0 fully saturated rings. The molecule has 1 aromatic rings. The third-order valence-corrected chi connectivity index (χ3v) is 2.20. The maximum absolute atomic E-state index is 11.1. The molecule has 94 valence electrons. The second-order valence-corrected chi connectivity index (χ2v) is 4.50. The molecular weight excluding hydrogens is 252 g/mol. The normalized spacial score (nSPS) is 11.2. The van der Waals surface area contributed by atoms with Crippen molar-refractivity contribution >= 4 is 15.9 Å². The molecule has 7 nitrogen and oxygen atoms in total. The van der Waals surface area contributed by atoms with Gasteiger partial charge in [-0.25, -0.2) is 0 Å². The molecule has 1 aromatic carbocycles. The van der Waals surface area contributed by atoms with Crippen LogP contribution in [0.15, 0.2) is 18.2 Å². The van der Waals surface area contributed by atoms with Gasteiger partial charge in [0.05, 0.1) is 5.56 Å². The van der Waals surface area contributed by atoms with Gasteiger partial charge in [-0.1, -0.05) is 0 Å². The number of aliphatic hydroxyl groups excluding tert-OH is 1. The second kappa shape index (κ2) is 5.13. The smallest absolute Gasteiger partial charge is 0.300 e. The number of rotatable bonds is 5. The first-order valence-corrected chi connectivity index (χ1v) is 5.99. The van der Waals surface area contributed by atoms with Gasteiger partial charge in [-0.15, -0.1) is 0 Å². The summed E-state index contributed by atoms with van der Waals surface area (Å²) in [5.41, 5.74) is -0.105. The zero-order valence-electron chi connectivity index (χ0n) is 8.53. The van der Waals surface area contributed by atoms with E-state index >= 15 is 0 Å². The summed E-state index contributed by atoms with van der Waals surface area (Å²) in [4.78, 5) is 11.1. The van der Waals surface area contributed by atoms with Gasteiger partial charge in [-0.3, -0.25) is 9.35 Å². The standard InChI is InChI=1S/C9H10O7S/c10-4-9(12)7-2-1-6(3-8(7)11)16-5-17(13,14)15/h1-3,10-11H,4-5H2,(H,13,14,15). The minimum absolute atomic E-state index is 0.0328. The summed E-state index contributed by atoms with van der Waals surface area (Å²) in [5.74, 6) is -2.12. The van der Waals surface area contributed by atoms with E-state index in [1.807, 2.05) is 0 Å². The van der Waals surface area contributed by atoms with Gasteiger partial charge >= 0.3 is 10.1 Å². The van der Waals surface area contributed by atoms with Gasteiger partial charge in [-0.2, -0.15) is 8.42 Å². The Kier molecular flexibility index (Phi) is 4.05. The molecule has 0 unspecified atom stereocenters. The van der Waals surface area contributed by atoms with Crippen molar-refractivity contribution in [2.75, 3.05) is 12.5 Å². The molecule has 0 saturated carbocycles. The number of aromatic hydroxyl groups is 1. The van der Waals surface area contributed by atoms with Crippen molar-refractivity contribution in [2.24, 2.45) is 0 Å². The van der Waals surface area contributed by atoms with Crippen molar-refractivity contribution in [1.82, 2.24) is 0 Å². The van der Waals surface area contributed by atoms with Crippen LogP contribution in [0.4, 0.5) is 0 Å². The van der Waals surface area contributed by atoms with Gasteiger partial charge in [-0.05, 0) is 12.1 Å². The van der Waals surface area contributed by atoms with E-state index in [0.29, 0.717) is 0 Å². The largest absolute Gasteiger partial charge is 0.507 e. The molecule has 0 aliphatic rings.